The molecule has 0 fully saturated rings. The molecule has 3 nitrogen and oxygen atoms in total. The number of rotatable bonds is 2. The van der Waals surface area contributed by atoms with Crippen LogP contribution in [0.2, 0.25) is 0 Å². The quantitative estimate of drug-likeness (QED) is 0.766. The maximum absolute atomic E-state index is 4.93. The molecule has 2 heterocycles. The van der Waals surface area contributed by atoms with Crippen LogP contribution in [-0.2, 0) is 0 Å². The number of thiophene rings is 1. The van der Waals surface area contributed by atoms with E-state index in [0.717, 1.165) is 22.8 Å². The Hall–Kier alpha value is -2.20. The number of anilines is 1. The van der Waals surface area contributed by atoms with Crippen molar-refractivity contribution >= 4 is 27.9 Å². The van der Waals surface area contributed by atoms with Crippen molar-refractivity contribution in [2.75, 3.05) is 18.5 Å². The van der Waals surface area contributed by atoms with Crippen molar-refractivity contribution in [3.8, 4) is 0 Å². The van der Waals surface area contributed by atoms with Crippen molar-refractivity contribution in [3.63, 3.8) is 0 Å². The van der Waals surface area contributed by atoms with Gasteiger partial charge in [0, 0.05) is 28.7 Å². The summed E-state index contributed by atoms with van der Waals surface area (Å²) in [4.78, 5) is 12.9. The number of aryl methyl sites for hydroxylation is 2. The van der Waals surface area contributed by atoms with Crippen LogP contribution < -0.4 is 4.90 Å². The minimum Gasteiger partial charge on any atom is -0.292 e. The van der Waals surface area contributed by atoms with Crippen molar-refractivity contribution in [1.82, 2.24) is 0 Å². The second-order valence-electron chi connectivity index (χ2n) is 6.20. The Bertz CT molecular complexity index is 854. The molecule has 1 aromatic carbocycles. The largest absolute Gasteiger partial charge is 0.292 e. The van der Waals surface area contributed by atoms with Gasteiger partial charge in [0.25, 0.3) is 0 Å². The van der Waals surface area contributed by atoms with Gasteiger partial charge >= 0.3 is 0 Å². The summed E-state index contributed by atoms with van der Waals surface area (Å²) in [5.74, 6) is 0.937. The third-order valence-electron chi connectivity index (χ3n) is 4.41. The Labute approximate surface area is 148 Å². The summed E-state index contributed by atoms with van der Waals surface area (Å²) in [5, 5.41) is 1.18. The zero-order chi connectivity index (χ0) is 17.4. The van der Waals surface area contributed by atoms with Gasteiger partial charge in [-0.1, -0.05) is 36.4 Å². The van der Waals surface area contributed by atoms with Crippen LogP contribution in [0, 0.1) is 20.8 Å². The van der Waals surface area contributed by atoms with Gasteiger partial charge in [-0.15, -0.1) is 11.3 Å². The van der Waals surface area contributed by atoms with E-state index in [1.165, 1.54) is 26.6 Å². The summed E-state index contributed by atoms with van der Waals surface area (Å²) in [6, 6.07) is 8.60. The predicted molar refractivity (Wildman–Crippen MR) is 106 cm³/mol. The molecule has 4 heteroatoms. The maximum atomic E-state index is 4.93. The van der Waals surface area contributed by atoms with E-state index in [4.69, 9.17) is 4.99 Å². The number of nitrogens with zero attached hydrogens (tertiary/aromatic N) is 3. The number of benzene rings is 1. The fourth-order valence-corrected chi connectivity index (χ4v) is 4.22. The molecule has 24 heavy (non-hydrogen) atoms. The average molecular weight is 337 g/mol. The monoisotopic (exact) mass is 337 g/mol. The lowest BCUT2D eigenvalue weighted by Crippen LogP contribution is -2.29. The second-order valence-corrected chi connectivity index (χ2v) is 7.41. The van der Waals surface area contributed by atoms with Crippen LogP contribution in [0.5, 0.6) is 0 Å². The first kappa shape index (κ1) is 16.7. The fraction of sp³-hybridized carbons (Fsp3) is 0.300. The van der Waals surface area contributed by atoms with Crippen LogP contribution >= 0.6 is 11.3 Å². The lowest BCUT2D eigenvalue weighted by molar-refractivity contribution is 1.15. The number of amidine groups is 1. The molecule has 1 aliphatic rings. The van der Waals surface area contributed by atoms with Gasteiger partial charge in [0.15, 0.2) is 0 Å². The third kappa shape index (κ3) is 2.71. The molecular formula is C20H23N3S. The van der Waals surface area contributed by atoms with E-state index in [-0.39, 0.29) is 0 Å². The van der Waals surface area contributed by atoms with Gasteiger partial charge in [-0.3, -0.25) is 14.9 Å². The molecule has 0 atom stereocenters. The zero-order valence-electron chi connectivity index (χ0n) is 15.0. The zero-order valence-corrected chi connectivity index (χ0v) is 15.8. The van der Waals surface area contributed by atoms with Crippen LogP contribution in [0.15, 0.2) is 46.5 Å². The summed E-state index contributed by atoms with van der Waals surface area (Å²) in [6.45, 7) is 13.2. The van der Waals surface area contributed by atoms with E-state index in [2.05, 4.69) is 61.5 Å². The lowest BCUT2D eigenvalue weighted by Gasteiger charge is -2.23. The maximum Gasteiger partial charge on any atom is 0.130 e. The van der Waals surface area contributed by atoms with Crippen LogP contribution in [0.25, 0.3) is 0 Å². The molecule has 2 aromatic rings. The number of aliphatic imine (C=N–C) groups is 2. The van der Waals surface area contributed by atoms with E-state index in [9.17, 15) is 0 Å². The number of allylic oxidation sites excluding steroid dienone is 1. The molecule has 124 valence electrons. The molecule has 0 saturated carbocycles. The van der Waals surface area contributed by atoms with Crippen LogP contribution in [0.1, 0.15) is 34.1 Å². The molecule has 0 aliphatic carbocycles. The first-order valence-electron chi connectivity index (χ1n) is 8.07. The molecule has 0 amide bonds. The molecule has 0 spiro atoms. The highest BCUT2D eigenvalue weighted by molar-refractivity contribution is 7.17. The summed E-state index contributed by atoms with van der Waals surface area (Å²) >= 11 is 1.79. The Balaban J connectivity index is 2.28. The van der Waals surface area contributed by atoms with Gasteiger partial charge in [0.1, 0.15) is 10.8 Å². The normalized spacial score (nSPS) is 16.0. The Morgan fingerprint density at radius 1 is 1.21 bits per heavy atom. The van der Waals surface area contributed by atoms with E-state index in [0.29, 0.717) is 6.54 Å². The summed E-state index contributed by atoms with van der Waals surface area (Å²) in [5.41, 5.74) is 6.93. The molecule has 1 aliphatic heterocycles. The highest BCUT2D eigenvalue weighted by Gasteiger charge is 2.28. The summed E-state index contributed by atoms with van der Waals surface area (Å²) in [7, 11) is 1.82. The van der Waals surface area contributed by atoms with Crippen LogP contribution in [0.3, 0.4) is 0 Å². The van der Waals surface area contributed by atoms with Gasteiger partial charge in [0.05, 0.1) is 12.3 Å². The van der Waals surface area contributed by atoms with Gasteiger partial charge in [-0.25, -0.2) is 0 Å². The third-order valence-corrected chi connectivity index (χ3v) is 5.60. The van der Waals surface area contributed by atoms with Crippen molar-refractivity contribution in [3.05, 3.63) is 63.7 Å². The molecule has 0 N–H and O–H groups in total. The number of hydrogen-bond acceptors (Lipinski definition) is 3. The predicted octanol–water partition coefficient (Wildman–Crippen LogP) is 4.89. The highest BCUT2D eigenvalue weighted by atomic mass is 32.1. The smallest absolute Gasteiger partial charge is 0.130 e. The molecule has 0 bridgehead atoms. The van der Waals surface area contributed by atoms with E-state index in [1.807, 2.05) is 14.0 Å². The Kier molecular flexibility index (Phi) is 4.41. The molecular weight excluding hydrogens is 314 g/mol. The van der Waals surface area contributed by atoms with Crippen molar-refractivity contribution in [2.24, 2.45) is 9.98 Å². The minimum atomic E-state index is 0.562. The van der Waals surface area contributed by atoms with Gasteiger partial charge < -0.3 is 0 Å². The van der Waals surface area contributed by atoms with Crippen molar-refractivity contribution in [2.45, 2.75) is 27.7 Å². The van der Waals surface area contributed by atoms with Crippen LogP contribution in [-0.4, -0.2) is 25.1 Å². The first-order chi connectivity index (χ1) is 11.4. The molecule has 1 aromatic heterocycles. The first-order valence-corrected chi connectivity index (χ1v) is 8.88. The molecule has 0 unspecified atom stereocenters. The molecule has 3 rings (SSSR count). The van der Waals surface area contributed by atoms with Gasteiger partial charge in [0.2, 0.25) is 0 Å². The Morgan fingerprint density at radius 2 is 1.88 bits per heavy atom. The summed E-state index contributed by atoms with van der Waals surface area (Å²) < 4.78 is 0. The molecule has 0 saturated heterocycles. The van der Waals surface area contributed by atoms with E-state index >= 15 is 0 Å². The van der Waals surface area contributed by atoms with E-state index in [1.54, 1.807) is 11.3 Å². The second kappa shape index (κ2) is 6.36. The van der Waals surface area contributed by atoms with Crippen molar-refractivity contribution < 1.29 is 0 Å². The summed E-state index contributed by atoms with van der Waals surface area (Å²) in [6.07, 6.45) is 0. The van der Waals surface area contributed by atoms with E-state index < -0.39 is 0 Å². The topological polar surface area (TPSA) is 28.0 Å². The minimum absolute atomic E-state index is 0.562. The SMILES string of the molecule is C=C(C)N1C(=NC)CN=C(c2ccc(C)cc2)c2c1sc(C)c2C. The van der Waals surface area contributed by atoms with Crippen LogP contribution in [0.4, 0.5) is 5.00 Å². The van der Waals surface area contributed by atoms with Gasteiger partial charge in [-0.2, -0.15) is 0 Å². The molecule has 0 radical (unpaired) electrons. The highest BCUT2D eigenvalue weighted by Crippen LogP contribution is 2.40. The number of fused-ring (bicyclic) bond motifs is 1. The lowest BCUT2D eigenvalue weighted by atomic mass is 9.99. The fourth-order valence-electron chi connectivity index (χ4n) is 2.97. The average Bonchev–Trinajstić information content (AvgIpc) is 2.74. The Morgan fingerprint density at radius 3 is 2.46 bits per heavy atom. The number of hydrogen-bond donors (Lipinski definition) is 0. The van der Waals surface area contributed by atoms with Crippen molar-refractivity contribution in [1.29, 1.82) is 0 Å². The standard InChI is InChI=1S/C20H23N3S/c1-12(2)23-17(21-6)11-22-19(16-9-7-13(3)8-10-16)18-14(4)15(5)24-20(18)23/h7-10H,1,11H2,2-6H3. The van der Waals surface area contributed by atoms with Gasteiger partial charge in [-0.05, 0) is 33.3 Å².